The number of nitriles is 1. The molecule has 2 rings (SSSR count). The van der Waals surface area contributed by atoms with E-state index in [4.69, 9.17) is 5.26 Å². The number of carbonyl (C=O) groups is 1. The molecule has 0 fully saturated rings. The molecule has 2 aromatic carbocycles. The maximum absolute atomic E-state index is 12.3. The third kappa shape index (κ3) is 4.61. The van der Waals surface area contributed by atoms with Gasteiger partial charge >= 0.3 is 0 Å². The molecule has 0 bridgehead atoms. The van der Waals surface area contributed by atoms with Crippen LogP contribution in [0.5, 0.6) is 0 Å². The van der Waals surface area contributed by atoms with E-state index >= 15 is 0 Å². The Morgan fingerprint density at radius 2 is 1.73 bits per heavy atom. The van der Waals surface area contributed by atoms with Crippen molar-refractivity contribution < 1.29 is 13.2 Å². The average Bonchev–Trinajstić information content (AvgIpc) is 2.56. The van der Waals surface area contributed by atoms with Gasteiger partial charge in [0.25, 0.3) is 0 Å². The van der Waals surface area contributed by atoms with Gasteiger partial charge in [-0.3, -0.25) is 9.10 Å². The van der Waals surface area contributed by atoms with E-state index in [0.29, 0.717) is 16.9 Å². The summed E-state index contributed by atoms with van der Waals surface area (Å²) in [5.41, 5.74) is 3.02. The lowest BCUT2D eigenvalue weighted by Crippen LogP contribution is -2.34. The first kappa shape index (κ1) is 19.5. The summed E-state index contributed by atoms with van der Waals surface area (Å²) in [4.78, 5) is 12.3. The quantitative estimate of drug-likeness (QED) is 0.845. The molecule has 0 aliphatic heterocycles. The number of para-hydroxylation sites is 2. The monoisotopic (exact) mass is 371 g/mol. The van der Waals surface area contributed by atoms with Gasteiger partial charge < -0.3 is 5.32 Å². The highest BCUT2D eigenvalue weighted by atomic mass is 32.2. The van der Waals surface area contributed by atoms with E-state index in [-0.39, 0.29) is 18.9 Å². The van der Waals surface area contributed by atoms with E-state index < -0.39 is 10.0 Å². The second-order valence-corrected chi connectivity index (χ2v) is 7.94. The number of rotatable bonds is 6. The molecule has 0 saturated heterocycles. The summed E-state index contributed by atoms with van der Waals surface area (Å²) in [7, 11) is -3.54. The molecule has 0 saturated carbocycles. The van der Waals surface area contributed by atoms with Crippen LogP contribution < -0.4 is 9.62 Å². The van der Waals surface area contributed by atoms with Crippen molar-refractivity contribution in [3.05, 3.63) is 59.2 Å². The van der Waals surface area contributed by atoms with Gasteiger partial charge in [-0.25, -0.2) is 8.42 Å². The summed E-state index contributed by atoms with van der Waals surface area (Å²) in [5.74, 6) is -0.354. The molecule has 1 amide bonds. The molecule has 0 heterocycles. The van der Waals surface area contributed by atoms with Crippen molar-refractivity contribution in [1.29, 1.82) is 5.26 Å². The topological polar surface area (TPSA) is 90.3 Å². The molecule has 0 radical (unpaired) electrons. The van der Waals surface area contributed by atoms with Crippen molar-refractivity contribution in [2.24, 2.45) is 0 Å². The predicted molar refractivity (Wildman–Crippen MR) is 103 cm³/mol. The highest BCUT2D eigenvalue weighted by molar-refractivity contribution is 7.92. The summed E-state index contributed by atoms with van der Waals surface area (Å²) < 4.78 is 25.8. The fraction of sp³-hybridized carbons (Fsp3) is 0.263. The van der Waals surface area contributed by atoms with Gasteiger partial charge in [0.05, 0.1) is 23.2 Å². The number of anilines is 2. The van der Waals surface area contributed by atoms with E-state index in [1.807, 2.05) is 38.1 Å². The highest BCUT2D eigenvalue weighted by Gasteiger charge is 2.22. The fourth-order valence-corrected chi connectivity index (χ4v) is 3.79. The summed E-state index contributed by atoms with van der Waals surface area (Å²) in [6.45, 7) is 3.69. The van der Waals surface area contributed by atoms with Gasteiger partial charge in [0.1, 0.15) is 6.07 Å². The van der Waals surface area contributed by atoms with Crippen LogP contribution in [0, 0.1) is 25.2 Å². The van der Waals surface area contributed by atoms with E-state index in [9.17, 15) is 13.2 Å². The van der Waals surface area contributed by atoms with Crippen LogP contribution in [0.3, 0.4) is 0 Å². The molecule has 6 nitrogen and oxygen atoms in total. The second kappa shape index (κ2) is 8.02. The molecule has 0 aliphatic carbocycles. The molecule has 0 unspecified atom stereocenters. The van der Waals surface area contributed by atoms with Crippen molar-refractivity contribution in [3.63, 3.8) is 0 Å². The van der Waals surface area contributed by atoms with E-state index in [1.54, 1.807) is 24.3 Å². The molecule has 2 aromatic rings. The molecule has 26 heavy (non-hydrogen) atoms. The Kier molecular flexibility index (Phi) is 6.01. The van der Waals surface area contributed by atoms with Gasteiger partial charge in [-0.2, -0.15) is 5.26 Å². The Morgan fingerprint density at radius 1 is 1.12 bits per heavy atom. The van der Waals surface area contributed by atoms with E-state index in [0.717, 1.165) is 17.4 Å². The van der Waals surface area contributed by atoms with Crippen LogP contribution in [0.1, 0.15) is 23.1 Å². The normalized spacial score (nSPS) is 10.8. The zero-order chi connectivity index (χ0) is 19.3. The molecule has 0 spiro atoms. The lowest BCUT2D eigenvalue weighted by molar-refractivity contribution is -0.116. The molecule has 0 aliphatic rings. The van der Waals surface area contributed by atoms with Gasteiger partial charge in [-0.15, -0.1) is 0 Å². The molecule has 0 aromatic heterocycles. The Morgan fingerprint density at radius 3 is 2.31 bits per heavy atom. The third-order valence-corrected chi connectivity index (χ3v) is 5.12. The average molecular weight is 371 g/mol. The second-order valence-electron chi connectivity index (χ2n) is 6.03. The summed E-state index contributed by atoms with van der Waals surface area (Å²) >= 11 is 0. The van der Waals surface area contributed by atoms with Crippen molar-refractivity contribution in [2.75, 3.05) is 22.4 Å². The summed E-state index contributed by atoms with van der Waals surface area (Å²) in [5, 5.41) is 11.7. The van der Waals surface area contributed by atoms with Gasteiger partial charge in [0.2, 0.25) is 15.9 Å². The highest BCUT2D eigenvalue weighted by Crippen LogP contribution is 2.27. The number of hydrogen-bond acceptors (Lipinski definition) is 4. The van der Waals surface area contributed by atoms with Gasteiger partial charge in [0, 0.05) is 13.0 Å². The lowest BCUT2D eigenvalue weighted by atomic mass is 10.1. The number of hydrogen-bond donors (Lipinski definition) is 1. The van der Waals surface area contributed by atoms with Crippen molar-refractivity contribution in [3.8, 4) is 6.07 Å². The number of carbonyl (C=O) groups excluding carboxylic acids is 1. The number of nitrogens with zero attached hydrogens (tertiary/aromatic N) is 2. The minimum absolute atomic E-state index is 0.0189. The number of nitrogens with one attached hydrogen (secondary N) is 1. The Bertz CT molecular complexity index is 942. The minimum Gasteiger partial charge on any atom is -0.325 e. The Balaban J connectivity index is 2.19. The molecule has 7 heteroatoms. The number of benzene rings is 2. The van der Waals surface area contributed by atoms with Crippen LogP contribution in [0.25, 0.3) is 0 Å². The van der Waals surface area contributed by atoms with Crippen molar-refractivity contribution >= 4 is 27.3 Å². The largest absolute Gasteiger partial charge is 0.325 e. The van der Waals surface area contributed by atoms with Crippen LogP contribution in [-0.4, -0.2) is 27.1 Å². The summed E-state index contributed by atoms with van der Waals surface area (Å²) in [6, 6.07) is 14.2. The smallest absolute Gasteiger partial charge is 0.232 e. The van der Waals surface area contributed by atoms with Crippen molar-refractivity contribution in [2.45, 2.75) is 20.3 Å². The van der Waals surface area contributed by atoms with Gasteiger partial charge in [-0.05, 0) is 37.1 Å². The Labute approximate surface area is 154 Å². The number of sulfonamides is 1. The van der Waals surface area contributed by atoms with Crippen LogP contribution in [0.4, 0.5) is 11.4 Å². The molecule has 0 atom stereocenters. The van der Waals surface area contributed by atoms with Crippen LogP contribution in [0.15, 0.2) is 42.5 Å². The molecule has 136 valence electrons. The maximum Gasteiger partial charge on any atom is 0.232 e. The Hall–Kier alpha value is -2.85. The lowest BCUT2D eigenvalue weighted by Gasteiger charge is -2.25. The number of aryl methyl sites for hydroxylation is 2. The van der Waals surface area contributed by atoms with Gasteiger partial charge in [0.15, 0.2) is 0 Å². The molecule has 1 N–H and O–H groups in total. The van der Waals surface area contributed by atoms with Crippen LogP contribution in [-0.2, 0) is 14.8 Å². The standard InChI is InChI=1S/C19H21N3O3S/c1-14-7-6-8-15(2)19(14)22(26(3,24)25)12-11-18(23)21-17-10-5-4-9-16(17)13-20/h4-10H,11-12H2,1-3H3,(H,21,23). The van der Waals surface area contributed by atoms with Crippen molar-refractivity contribution in [1.82, 2.24) is 0 Å². The predicted octanol–water partition coefficient (Wildman–Crippen LogP) is 2.97. The fourth-order valence-electron chi connectivity index (χ4n) is 2.75. The minimum atomic E-state index is -3.54. The van der Waals surface area contributed by atoms with Gasteiger partial charge in [-0.1, -0.05) is 30.3 Å². The first-order valence-electron chi connectivity index (χ1n) is 8.07. The SMILES string of the molecule is Cc1cccc(C)c1N(CCC(=O)Nc1ccccc1C#N)S(C)(=O)=O. The summed E-state index contributed by atoms with van der Waals surface area (Å²) in [6.07, 6.45) is 1.10. The van der Waals surface area contributed by atoms with Crippen LogP contribution in [0.2, 0.25) is 0 Å². The first-order chi connectivity index (χ1) is 12.2. The molecular weight excluding hydrogens is 350 g/mol. The third-order valence-electron chi connectivity index (χ3n) is 3.95. The van der Waals surface area contributed by atoms with E-state index in [1.165, 1.54) is 4.31 Å². The zero-order valence-corrected chi connectivity index (χ0v) is 15.8. The maximum atomic E-state index is 12.3. The first-order valence-corrected chi connectivity index (χ1v) is 9.91. The number of amides is 1. The van der Waals surface area contributed by atoms with E-state index in [2.05, 4.69) is 5.32 Å². The molecular formula is C19H21N3O3S. The van der Waals surface area contributed by atoms with Crippen LogP contribution >= 0.6 is 0 Å². The zero-order valence-electron chi connectivity index (χ0n) is 15.0.